The van der Waals surface area contributed by atoms with Crippen molar-refractivity contribution in [1.29, 1.82) is 0 Å². The van der Waals surface area contributed by atoms with Gasteiger partial charge in [-0.3, -0.25) is 0 Å². The lowest BCUT2D eigenvalue weighted by Gasteiger charge is -2.22. The summed E-state index contributed by atoms with van der Waals surface area (Å²) in [5.41, 5.74) is 8.19. The van der Waals surface area contributed by atoms with Gasteiger partial charge in [-0.1, -0.05) is 19.9 Å². The molecule has 0 aliphatic heterocycles. The number of para-hydroxylation sites is 1. The molecule has 0 bridgehead atoms. The van der Waals surface area contributed by atoms with Crippen LogP contribution < -0.4 is 11.1 Å². The van der Waals surface area contributed by atoms with Gasteiger partial charge in [-0.2, -0.15) is 0 Å². The van der Waals surface area contributed by atoms with E-state index in [-0.39, 0.29) is 5.97 Å². The maximum atomic E-state index is 12.0. The third-order valence-corrected chi connectivity index (χ3v) is 4.33. The minimum atomic E-state index is -0.323. The average Bonchev–Trinajstić information content (AvgIpc) is 3.18. The molecule has 0 atom stereocenters. The molecule has 0 amide bonds. The number of rotatable bonds is 6. The van der Waals surface area contributed by atoms with Crippen molar-refractivity contribution < 1.29 is 9.53 Å². The van der Waals surface area contributed by atoms with Crippen LogP contribution in [0.5, 0.6) is 0 Å². The van der Waals surface area contributed by atoms with Crippen molar-refractivity contribution in [3.63, 3.8) is 0 Å². The molecule has 3 N–H and O–H groups in total. The maximum absolute atomic E-state index is 12.0. The number of carbonyl (C=O) groups excluding carboxylic acids is 1. The van der Waals surface area contributed by atoms with Gasteiger partial charge in [0.25, 0.3) is 0 Å². The van der Waals surface area contributed by atoms with E-state index in [4.69, 9.17) is 10.5 Å². The molecule has 1 aromatic rings. The van der Waals surface area contributed by atoms with E-state index in [0.717, 1.165) is 6.54 Å². The van der Waals surface area contributed by atoms with Gasteiger partial charge in [0.1, 0.15) is 0 Å². The molecule has 4 heteroatoms. The number of anilines is 2. The van der Waals surface area contributed by atoms with Crippen LogP contribution in [0, 0.1) is 11.3 Å². The standard InChI is InChI=1S/C16H24N2O2/c1-4-20-15(19)12-6-5-7-13(17)14(12)18-10-16(8-9-16)11(2)3/h5-7,11,18H,4,8-10,17H2,1-3H3. The monoisotopic (exact) mass is 276 g/mol. The molecule has 0 aromatic heterocycles. The topological polar surface area (TPSA) is 64.3 Å². The smallest absolute Gasteiger partial charge is 0.340 e. The van der Waals surface area contributed by atoms with Gasteiger partial charge in [0.05, 0.1) is 23.5 Å². The quantitative estimate of drug-likeness (QED) is 0.618. The first kappa shape index (κ1) is 14.7. The lowest BCUT2D eigenvalue weighted by molar-refractivity contribution is 0.0527. The summed E-state index contributed by atoms with van der Waals surface area (Å²) in [6.07, 6.45) is 2.47. The molecular formula is C16H24N2O2. The molecule has 20 heavy (non-hydrogen) atoms. The van der Waals surface area contributed by atoms with Crippen LogP contribution in [0.3, 0.4) is 0 Å². The summed E-state index contributed by atoms with van der Waals surface area (Å²) in [6.45, 7) is 7.51. The van der Waals surface area contributed by atoms with Gasteiger partial charge in [-0.05, 0) is 43.2 Å². The van der Waals surface area contributed by atoms with Gasteiger partial charge in [-0.25, -0.2) is 4.79 Å². The van der Waals surface area contributed by atoms with Crippen LogP contribution in [-0.4, -0.2) is 19.1 Å². The Morgan fingerprint density at radius 1 is 1.45 bits per heavy atom. The number of hydrogen-bond donors (Lipinski definition) is 2. The Hall–Kier alpha value is -1.71. The Morgan fingerprint density at radius 3 is 2.70 bits per heavy atom. The Morgan fingerprint density at radius 2 is 2.15 bits per heavy atom. The Bertz CT molecular complexity index is 493. The number of carbonyl (C=O) groups is 1. The van der Waals surface area contributed by atoms with Crippen molar-refractivity contribution in [1.82, 2.24) is 0 Å². The van der Waals surface area contributed by atoms with E-state index in [1.54, 1.807) is 25.1 Å². The van der Waals surface area contributed by atoms with E-state index >= 15 is 0 Å². The number of esters is 1. The second kappa shape index (κ2) is 5.73. The highest BCUT2D eigenvalue weighted by Gasteiger charge is 2.45. The third kappa shape index (κ3) is 2.89. The van der Waals surface area contributed by atoms with E-state index in [1.165, 1.54) is 12.8 Å². The lowest BCUT2D eigenvalue weighted by Crippen LogP contribution is -2.22. The zero-order valence-corrected chi connectivity index (χ0v) is 12.5. The van der Waals surface area contributed by atoms with Gasteiger partial charge in [0.2, 0.25) is 0 Å². The summed E-state index contributed by atoms with van der Waals surface area (Å²) in [5.74, 6) is 0.308. The van der Waals surface area contributed by atoms with E-state index in [2.05, 4.69) is 19.2 Å². The van der Waals surface area contributed by atoms with Crippen molar-refractivity contribution >= 4 is 17.3 Å². The second-order valence-corrected chi connectivity index (χ2v) is 5.86. The van der Waals surface area contributed by atoms with E-state index in [0.29, 0.717) is 34.9 Å². The first-order valence-corrected chi connectivity index (χ1v) is 7.29. The molecule has 4 nitrogen and oxygen atoms in total. The Labute approximate surface area is 120 Å². The fourth-order valence-electron chi connectivity index (χ4n) is 2.53. The summed E-state index contributed by atoms with van der Waals surface area (Å²) in [7, 11) is 0. The minimum absolute atomic E-state index is 0.323. The van der Waals surface area contributed by atoms with E-state index in [9.17, 15) is 4.79 Å². The molecule has 0 saturated heterocycles. The predicted octanol–water partition coefficient (Wildman–Crippen LogP) is 3.29. The van der Waals surface area contributed by atoms with E-state index < -0.39 is 0 Å². The van der Waals surface area contributed by atoms with Gasteiger partial charge in [0.15, 0.2) is 0 Å². The van der Waals surface area contributed by atoms with Crippen molar-refractivity contribution in [2.45, 2.75) is 33.6 Å². The number of nitrogen functional groups attached to an aromatic ring is 1. The van der Waals surface area contributed by atoms with Crippen LogP contribution in [0.1, 0.15) is 44.0 Å². The average molecular weight is 276 g/mol. The molecule has 0 spiro atoms. The van der Waals surface area contributed by atoms with Crippen molar-refractivity contribution in [3.8, 4) is 0 Å². The number of hydrogen-bond acceptors (Lipinski definition) is 4. The molecule has 1 aliphatic rings. The summed E-state index contributed by atoms with van der Waals surface area (Å²) in [4.78, 5) is 12.0. The summed E-state index contributed by atoms with van der Waals surface area (Å²) < 4.78 is 5.08. The van der Waals surface area contributed by atoms with Crippen LogP contribution in [0.4, 0.5) is 11.4 Å². The van der Waals surface area contributed by atoms with Crippen molar-refractivity contribution in [2.24, 2.45) is 11.3 Å². The first-order chi connectivity index (χ1) is 9.50. The molecular weight excluding hydrogens is 252 g/mol. The van der Waals surface area contributed by atoms with Crippen molar-refractivity contribution in [3.05, 3.63) is 23.8 Å². The number of benzene rings is 1. The fourth-order valence-corrected chi connectivity index (χ4v) is 2.53. The van der Waals surface area contributed by atoms with Crippen LogP contribution in [-0.2, 0) is 4.74 Å². The summed E-state index contributed by atoms with van der Waals surface area (Å²) >= 11 is 0. The molecule has 110 valence electrons. The normalized spacial score (nSPS) is 16.0. The zero-order chi connectivity index (χ0) is 14.8. The predicted molar refractivity (Wildman–Crippen MR) is 81.8 cm³/mol. The van der Waals surface area contributed by atoms with Gasteiger partial charge >= 0.3 is 5.97 Å². The highest BCUT2D eigenvalue weighted by atomic mass is 16.5. The SMILES string of the molecule is CCOC(=O)c1cccc(N)c1NCC1(C(C)C)CC1. The van der Waals surface area contributed by atoms with Crippen LogP contribution in [0.2, 0.25) is 0 Å². The van der Waals surface area contributed by atoms with Gasteiger partial charge in [0, 0.05) is 6.54 Å². The highest BCUT2D eigenvalue weighted by molar-refractivity contribution is 5.98. The van der Waals surface area contributed by atoms with Crippen LogP contribution in [0.15, 0.2) is 18.2 Å². The maximum Gasteiger partial charge on any atom is 0.340 e. The molecule has 0 unspecified atom stereocenters. The van der Waals surface area contributed by atoms with Crippen LogP contribution >= 0.6 is 0 Å². The molecule has 0 radical (unpaired) electrons. The molecule has 1 saturated carbocycles. The largest absolute Gasteiger partial charge is 0.462 e. The number of ether oxygens (including phenoxy) is 1. The third-order valence-electron chi connectivity index (χ3n) is 4.33. The van der Waals surface area contributed by atoms with Gasteiger partial charge < -0.3 is 15.8 Å². The minimum Gasteiger partial charge on any atom is -0.462 e. The summed E-state index contributed by atoms with van der Waals surface area (Å²) in [5, 5.41) is 3.38. The number of nitrogens with two attached hydrogens (primary N) is 1. The first-order valence-electron chi connectivity index (χ1n) is 7.29. The molecule has 2 rings (SSSR count). The Kier molecular flexibility index (Phi) is 4.21. The van der Waals surface area contributed by atoms with E-state index in [1.807, 2.05) is 0 Å². The Balaban J connectivity index is 2.16. The zero-order valence-electron chi connectivity index (χ0n) is 12.5. The molecule has 1 aliphatic carbocycles. The molecule has 0 heterocycles. The highest BCUT2D eigenvalue weighted by Crippen LogP contribution is 2.51. The van der Waals surface area contributed by atoms with Crippen LogP contribution in [0.25, 0.3) is 0 Å². The number of nitrogens with one attached hydrogen (secondary N) is 1. The molecule has 1 aromatic carbocycles. The fraction of sp³-hybridized carbons (Fsp3) is 0.562. The summed E-state index contributed by atoms with van der Waals surface area (Å²) in [6, 6.07) is 5.34. The second-order valence-electron chi connectivity index (χ2n) is 5.86. The molecule has 1 fully saturated rings. The van der Waals surface area contributed by atoms with Gasteiger partial charge in [-0.15, -0.1) is 0 Å². The van der Waals surface area contributed by atoms with Crippen molar-refractivity contribution in [2.75, 3.05) is 24.2 Å². The lowest BCUT2D eigenvalue weighted by atomic mass is 9.92.